The van der Waals surface area contributed by atoms with Crippen LogP contribution in [-0.2, 0) is 6.54 Å². The lowest BCUT2D eigenvalue weighted by Crippen LogP contribution is -2.06. The number of benzene rings is 2. The highest BCUT2D eigenvalue weighted by molar-refractivity contribution is 5.89. The van der Waals surface area contributed by atoms with Crippen molar-refractivity contribution < 1.29 is 19.4 Å². The highest BCUT2D eigenvalue weighted by Gasteiger charge is 2.08. The number of carbonyl (C=O) groups is 1. The normalized spacial score (nSPS) is 10.3. The third-order valence-corrected chi connectivity index (χ3v) is 4.14. The number of nitrogens with one attached hydrogen (secondary N) is 2. The van der Waals surface area contributed by atoms with E-state index in [2.05, 4.69) is 20.6 Å². The van der Waals surface area contributed by atoms with Gasteiger partial charge in [-0.15, -0.1) is 0 Å². The summed E-state index contributed by atoms with van der Waals surface area (Å²) in [6.45, 7) is 2.32. The Kier molecular flexibility index (Phi) is 6.13. The first kappa shape index (κ1) is 19.9. The number of methoxy groups -OCH3 is 2. The van der Waals surface area contributed by atoms with Crippen molar-refractivity contribution in [1.29, 1.82) is 0 Å². The molecule has 3 aromatic rings. The molecule has 1 heterocycles. The second kappa shape index (κ2) is 8.92. The van der Waals surface area contributed by atoms with Gasteiger partial charge in [0.1, 0.15) is 17.5 Å². The maximum Gasteiger partial charge on any atom is 0.335 e. The minimum absolute atomic E-state index is 0.201. The number of carboxylic acids is 1. The summed E-state index contributed by atoms with van der Waals surface area (Å²) in [6.07, 6.45) is 0. The first-order valence-corrected chi connectivity index (χ1v) is 8.89. The van der Waals surface area contributed by atoms with Crippen LogP contribution in [-0.4, -0.2) is 35.3 Å². The summed E-state index contributed by atoms with van der Waals surface area (Å²) in [5.41, 5.74) is 1.84. The number of hydrogen-bond donors (Lipinski definition) is 3. The molecule has 0 spiro atoms. The van der Waals surface area contributed by atoms with Gasteiger partial charge in [0, 0.05) is 18.3 Å². The maximum absolute atomic E-state index is 11.1. The van der Waals surface area contributed by atoms with Crippen molar-refractivity contribution >= 4 is 23.3 Å². The van der Waals surface area contributed by atoms with Crippen LogP contribution in [0.4, 0.5) is 17.3 Å². The smallest absolute Gasteiger partial charge is 0.335 e. The fourth-order valence-corrected chi connectivity index (χ4v) is 2.78. The van der Waals surface area contributed by atoms with Gasteiger partial charge >= 0.3 is 5.97 Å². The van der Waals surface area contributed by atoms with Gasteiger partial charge in [0.05, 0.1) is 19.8 Å². The van der Waals surface area contributed by atoms with Crippen molar-refractivity contribution in [3.63, 3.8) is 0 Å². The molecule has 8 heteroatoms. The second-order valence-electron chi connectivity index (χ2n) is 6.24. The Morgan fingerprint density at radius 1 is 1.00 bits per heavy atom. The topological polar surface area (TPSA) is 106 Å². The van der Waals surface area contributed by atoms with E-state index in [0.29, 0.717) is 41.2 Å². The Bertz CT molecular complexity index is 1020. The van der Waals surface area contributed by atoms with E-state index in [4.69, 9.17) is 14.6 Å². The molecular formula is C21H22N4O4. The van der Waals surface area contributed by atoms with Gasteiger partial charge in [0.15, 0.2) is 11.5 Å². The van der Waals surface area contributed by atoms with Crippen LogP contribution in [0.5, 0.6) is 11.5 Å². The molecule has 0 radical (unpaired) electrons. The molecule has 2 aromatic carbocycles. The third kappa shape index (κ3) is 5.13. The molecule has 0 aliphatic rings. The van der Waals surface area contributed by atoms with E-state index in [1.165, 1.54) is 6.07 Å². The van der Waals surface area contributed by atoms with Gasteiger partial charge in [-0.3, -0.25) is 0 Å². The first-order chi connectivity index (χ1) is 14.0. The number of aryl methyl sites for hydroxylation is 1. The van der Waals surface area contributed by atoms with Gasteiger partial charge in [0.2, 0.25) is 0 Å². The molecule has 150 valence electrons. The second-order valence-corrected chi connectivity index (χ2v) is 6.24. The molecular weight excluding hydrogens is 372 g/mol. The summed E-state index contributed by atoms with van der Waals surface area (Å²) >= 11 is 0. The summed E-state index contributed by atoms with van der Waals surface area (Å²) in [5, 5.41) is 15.5. The number of hydrogen-bond acceptors (Lipinski definition) is 7. The monoisotopic (exact) mass is 394 g/mol. The fraction of sp³-hybridized carbons (Fsp3) is 0.190. The predicted molar refractivity (Wildman–Crippen MR) is 110 cm³/mol. The van der Waals surface area contributed by atoms with E-state index in [1.807, 2.05) is 18.2 Å². The van der Waals surface area contributed by atoms with Crippen LogP contribution >= 0.6 is 0 Å². The van der Waals surface area contributed by atoms with E-state index in [-0.39, 0.29) is 5.56 Å². The van der Waals surface area contributed by atoms with Crippen molar-refractivity contribution in [2.75, 3.05) is 24.9 Å². The van der Waals surface area contributed by atoms with E-state index in [0.717, 1.165) is 5.56 Å². The summed E-state index contributed by atoms with van der Waals surface area (Å²) < 4.78 is 10.6. The molecule has 0 fully saturated rings. The zero-order valence-electron chi connectivity index (χ0n) is 16.4. The number of anilines is 3. The van der Waals surface area contributed by atoms with Gasteiger partial charge in [0.25, 0.3) is 0 Å². The minimum atomic E-state index is -0.982. The molecule has 29 heavy (non-hydrogen) atoms. The van der Waals surface area contributed by atoms with Crippen LogP contribution in [0, 0.1) is 6.92 Å². The van der Waals surface area contributed by atoms with Crippen molar-refractivity contribution in [2.45, 2.75) is 13.5 Å². The van der Waals surface area contributed by atoms with E-state index >= 15 is 0 Å². The van der Waals surface area contributed by atoms with Gasteiger partial charge < -0.3 is 25.2 Å². The highest BCUT2D eigenvalue weighted by atomic mass is 16.5. The lowest BCUT2D eigenvalue weighted by atomic mass is 10.2. The molecule has 0 aliphatic heterocycles. The quantitative estimate of drug-likeness (QED) is 0.529. The summed E-state index contributed by atoms with van der Waals surface area (Å²) in [4.78, 5) is 19.9. The SMILES string of the molecule is COc1ccc(CNc2cc(Nc3cccc(C(=O)O)c3)nc(C)n2)cc1OC. The number of aromatic nitrogens is 2. The summed E-state index contributed by atoms with van der Waals surface area (Å²) in [5.74, 6) is 2.14. The largest absolute Gasteiger partial charge is 0.493 e. The molecule has 3 rings (SSSR count). The lowest BCUT2D eigenvalue weighted by Gasteiger charge is -2.12. The summed E-state index contributed by atoms with van der Waals surface area (Å²) in [6, 6.07) is 14.0. The molecule has 8 nitrogen and oxygen atoms in total. The first-order valence-electron chi connectivity index (χ1n) is 8.89. The third-order valence-electron chi connectivity index (χ3n) is 4.14. The van der Waals surface area contributed by atoms with Crippen LogP contribution in [0.15, 0.2) is 48.5 Å². The molecule has 0 amide bonds. The van der Waals surface area contributed by atoms with Crippen LogP contribution < -0.4 is 20.1 Å². The summed E-state index contributed by atoms with van der Waals surface area (Å²) in [7, 11) is 3.19. The van der Waals surface area contributed by atoms with Crippen molar-refractivity contribution in [3.05, 3.63) is 65.5 Å². The molecule has 0 saturated carbocycles. The molecule has 0 unspecified atom stereocenters. The van der Waals surface area contributed by atoms with Crippen molar-refractivity contribution in [3.8, 4) is 11.5 Å². The van der Waals surface area contributed by atoms with E-state index in [1.54, 1.807) is 45.4 Å². The van der Waals surface area contributed by atoms with Crippen LogP contribution in [0.2, 0.25) is 0 Å². The zero-order chi connectivity index (χ0) is 20.8. The van der Waals surface area contributed by atoms with Gasteiger partial charge in [-0.05, 0) is 42.8 Å². The molecule has 1 aromatic heterocycles. The molecule has 0 saturated heterocycles. The van der Waals surface area contributed by atoms with E-state index in [9.17, 15) is 4.79 Å². The average molecular weight is 394 g/mol. The molecule has 0 atom stereocenters. The Balaban J connectivity index is 1.74. The van der Waals surface area contributed by atoms with Crippen LogP contribution in [0.3, 0.4) is 0 Å². The maximum atomic E-state index is 11.1. The predicted octanol–water partition coefficient (Wildman–Crippen LogP) is 3.86. The van der Waals surface area contributed by atoms with Crippen LogP contribution in [0.1, 0.15) is 21.7 Å². The van der Waals surface area contributed by atoms with E-state index < -0.39 is 5.97 Å². The molecule has 0 bridgehead atoms. The Morgan fingerprint density at radius 3 is 2.48 bits per heavy atom. The van der Waals surface area contributed by atoms with Gasteiger partial charge in [-0.2, -0.15) is 0 Å². The average Bonchev–Trinajstić information content (AvgIpc) is 2.71. The van der Waals surface area contributed by atoms with Crippen molar-refractivity contribution in [1.82, 2.24) is 9.97 Å². The number of rotatable bonds is 8. The molecule has 3 N–H and O–H groups in total. The highest BCUT2D eigenvalue weighted by Crippen LogP contribution is 2.28. The fourth-order valence-electron chi connectivity index (χ4n) is 2.78. The van der Waals surface area contributed by atoms with Crippen LogP contribution in [0.25, 0.3) is 0 Å². The zero-order valence-corrected chi connectivity index (χ0v) is 16.4. The number of ether oxygens (including phenoxy) is 2. The van der Waals surface area contributed by atoms with Gasteiger partial charge in [-0.25, -0.2) is 14.8 Å². The number of nitrogens with zero attached hydrogens (tertiary/aromatic N) is 2. The van der Waals surface area contributed by atoms with Crippen molar-refractivity contribution in [2.24, 2.45) is 0 Å². The standard InChI is InChI=1S/C21H22N4O4/c1-13-23-19(22-12-14-7-8-17(28-2)18(9-14)29-3)11-20(24-13)25-16-6-4-5-15(10-16)21(26)27/h4-11H,12H2,1-3H3,(H,26,27)(H2,22,23,24,25). The number of aromatic carboxylic acids is 1. The Morgan fingerprint density at radius 2 is 1.76 bits per heavy atom. The number of carboxylic acid groups (broad SMARTS) is 1. The lowest BCUT2D eigenvalue weighted by molar-refractivity contribution is 0.0697. The van der Waals surface area contributed by atoms with Gasteiger partial charge in [-0.1, -0.05) is 12.1 Å². The minimum Gasteiger partial charge on any atom is -0.493 e. The Labute approximate surface area is 168 Å². The molecule has 0 aliphatic carbocycles. The Hall–Kier alpha value is -3.81.